The fourth-order valence-electron chi connectivity index (χ4n) is 3.08. The van der Waals surface area contributed by atoms with E-state index in [0.717, 1.165) is 44.6 Å². The van der Waals surface area contributed by atoms with Crippen LogP contribution in [0.25, 0.3) is 0 Å². The van der Waals surface area contributed by atoms with Crippen LogP contribution in [0.15, 0.2) is 18.2 Å². The summed E-state index contributed by atoms with van der Waals surface area (Å²) in [6.07, 6.45) is 1.77. The van der Waals surface area contributed by atoms with E-state index < -0.39 is 4.92 Å². The van der Waals surface area contributed by atoms with Crippen LogP contribution in [0.3, 0.4) is 0 Å². The molecule has 1 N–H and O–H groups in total. The predicted molar refractivity (Wildman–Crippen MR) is 83.1 cm³/mol. The first-order valence-electron chi connectivity index (χ1n) is 7.66. The van der Waals surface area contributed by atoms with Crippen molar-refractivity contribution in [1.82, 2.24) is 10.2 Å². The Morgan fingerprint density at radius 3 is 2.77 bits per heavy atom. The first-order chi connectivity index (χ1) is 10.6. The van der Waals surface area contributed by atoms with Crippen LogP contribution >= 0.6 is 0 Å². The molecule has 1 aromatic rings. The van der Waals surface area contributed by atoms with Gasteiger partial charge in [0, 0.05) is 44.9 Å². The monoisotopic (exact) mass is 304 g/mol. The molecule has 2 heterocycles. The highest BCUT2D eigenvalue weighted by Gasteiger charge is 2.26. The maximum Gasteiger partial charge on any atom is 0.271 e. The van der Waals surface area contributed by atoms with Crippen LogP contribution in [0.5, 0.6) is 0 Å². The second kappa shape index (κ2) is 6.41. The zero-order valence-electron chi connectivity index (χ0n) is 12.5. The third-order valence-electron chi connectivity index (χ3n) is 4.27. The minimum atomic E-state index is -0.409. The first kappa shape index (κ1) is 14.9. The minimum absolute atomic E-state index is 0.0309. The van der Waals surface area contributed by atoms with Crippen LogP contribution in [0, 0.1) is 10.1 Å². The van der Waals surface area contributed by atoms with Crippen molar-refractivity contribution in [3.05, 3.63) is 33.9 Å². The number of non-ortho nitro benzene ring substituents is 1. The van der Waals surface area contributed by atoms with Crippen LogP contribution in [0.2, 0.25) is 0 Å². The lowest BCUT2D eigenvalue weighted by atomic mass is 10.0. The molecule has 118 valence electrons. The Morgan fingerprint density at radius 1 is 1.27 bits per heavy atom. The molecular formula is C15H20N4O3. The Balaban J connectivity index is 1.78. The van der Waals surface area contributed by atoms with Gasteiger partial charge in [-0.3, -0.25) is 19.8 Å². The summed E-state index contributed by atoms with van der Waals surface area (Å²) in [6.45, 7) is 4.54. The number of nitrogens with zero attached hydrogens (tertiary/aromatic N) is 3. The molecule has 3 rings (SSSR count). The number of nitro groups is 1. The number of benzene rings is 1. The van der Waals surface area contributed by atoms with Gasteiger partial charge in [0.05, 0.1) is 17.2 Å². The number of hydrogen-bond acceptors (Lipinski definition) is 5. The molecule has 1 amide bonds. The Kier molecular flexibility index (Phi) is 4.35. The molecular weight excluding hydrogens is 284 g/mol. The molecule has 0 bridgehead atoms. The molecule has 7 nitrogen and oxygen atoms in total. The lowest BCUT2D eigenvalue weighted by molar-refractivity contribution is -0.384. The molecule has 0 unspecified atom stereocenters. The average Bonchev–Trinajstić information content (AvgIpc) is 2.54. The molecule has 0 saturated carbocycles. The quantitative estimate of drug-likeness (QED) is 0.659. The van der Waals surface area contributed by atoms with Crippen LogP contribution in [-0.2, 0) is 11.2 Å². The van der Waals surface area contributed by atoms with Gasteiger partial charge >= 0.3 is 0 Å². The molecule has 0 spiro atoms. The summed E-state index contributed by atoms with van der Waals surface area (Å²) in [5.74, 6) is 0.0309. The van der Waals surface area contributed by atoms with Crippen LogP contribution in [-0.4, -0.2) is 55.0 Å². The number of nitro benzene ring substituents is 1. The molecule has 1 aromatic carbocycles. The third kappa shape index (κ3) is 3.10. The molecule has 2 aliphatic heterocycles. The van der Waals surface area contributed by atoms with Gasteiger partial charge in [-0.15, -0.1) is 0 Å². The maximum atomic E-state index is 12.6. The minimum Gasteiger partial charge on any atom is -0.314 e. The zero-order valence-corrected chi connectivity index (χ0v) is 12.5. The second-order valence-corrected chi connectivity index (χ2v) is 5.75. The van der Waals surface area contributed by atoms with E-state index in [1.807, 2.05) is 0 Å². The van der Waals surface area contributed by atoms with Gasteiger partial charge in [-0.05, 0) is 18.4 Å². The molecule has 0 atom stereocenters. The summed E-state index contributed by atoms with van der Waals surface area (Å²) in [7, 11) is 0. The van der Waals surface area contributed by atoms with Crippen molar-refractivity contribution in [2.24, 2.45) is 0 Å². The maximum absolute atomic E-state index is 12.6. The second-order valence-electron chi connectivity index (χ2n) is 5.75. The summed E-state index contributed by atoms with van der Waals surface area (Å²) >= 11 is 0. The van der Waals surface area contributed by atoms with Crippen molar-refractivity contribution in [3.8, 4) is 0 Å². The molecule has 0 radical (unpaired) electrons. The fourth-order valence-corrected chi connectivity index (χ4v) is 3.08. The first-order valence-corrected chi connectivity index (χ1v) is 7.66. The Morgan fingerprint density at radius 2 is 2.05 bits per heavy atom. The SMILES string of the molecule is O=C(CN1CCNCC1)N1CCCc2ccc([N+](=O)[O-])cc21. The number of fused-ring (bicyclic) bond motifs is 1. The van der Waals surface area contributed by atoms with Gasteiger partial charge in [-0.2, -0.15) is 0 Å². The van der Waals surface area contributed by atoms with Crippen molar-refractivity contribution in [2.45, 2.75) is 12.8 Å². The fraction of sp³-hybridized carbons (Fsp3) is 0.533. The summed E-state index contributed by atoms with van der Waals surface area (Å²) in [4.78, 5) is 27.0. The molecule has 0 aromatic heterocycles. The van der Waals surface area contributed by atoms with Gasteiger partial charge in [0.25, 0.3) is 5.69 Å². The lowest BCUT2D eigenvalue weighted by Gasteiger charge is -2.33. The largest absolute Gasteiger partial charge is 0.314 e. The van der Waals surface area contributed by atoms with E-state index in [2.05, 4.69) is 10.2 Å². The smallest absolute Gasteiger partial charge is 0.271 e. The van der Waals surface area contributed by atoms with E-state index in [4.69, 9.17) is 0 Å². The third-order valence-corrected chi connectivity index (χ3v) is 4.27. The predicted octanol–water partition coefficient (Wildman–Crippen LogP) is 0.779. The molecule has 0 aliphatic carbocycles. The van der Waals surface area contributed by atoms with Crippen LogP contribution in [0.1, 0.15) is 12.0 Å². The van der Waals surface area contributed by atoms with Gasteiger partial charge in [0.1, 0.15) is 0 Å². The summed E-state index contributed by atoms with van der Waals surface area (Å²) in [6, 6.07) is 4.82. The number of carbonyl (C=O) groups excluding carboxylic acids is 1. The number of carbonyl (C=O) groups is 1. The lowest BCUT2D eigenvalue weighted by Crippen LogP contribution is -2.49. The summed E-state index contributed by atoms with van der Waals surface area (Å²) < 4.78 is 0. The van der Waals surface area contributed by atoms with E-state index in [1.165, 1.54) is 12.1 Å². The van der Waals surface area contributed by atoms with Crippen molar-refractivity contribution in [3.63, 3.8) is 0 Å². The van der Waals surface area contributed by atoms with Gasteiger partial charge in [-0.1, -0.05) is 6.07 Å². The Bertz CT molecular complexity index is 584. The highest BCUT2D eigenvalue weighted by Crippen LogP contribution is 2.31. The molecule has 1 fully saturated rings. The van der Waals surface area contributed by atoms with Crippen molar-refractivity contribution < 1.29 is 9.72 Å². The number of nitrogens with one attached hydrogen (secondary N) is 1. The number of aryl methyl sites for hydroxylation is 1. The normalized spacial score (nSPS) is 18.8. The average molecular weight is 304 g/mol. The van der Waals surface area contributed by atoms with E-state index in [-0.39, 0.29) is 11.6 Å². The van der Waals surface area contributed by atoms with Gasteiger partial charge < -0.3 is 10.2 Å². The molecule has 22 heavy (non-hydrogen) atoms. The summed E-state index contributed by atoms with van der Waals surface area (Å²) in [5.41, 5.74) is 1.77. The highest BCUT2D eigenvalue weighted by atomic mass is 16.6. The van der Waals surface area contributed by atoms with E-state index in [9.17, 15) is 14.9 Å². The Hall–Kier alpha value is -1.99. The topological polar surface area (TPSA) is 78.7 Å². The number of amides is 1. The van der Waals surface area contributed by atoms with Crippen molar-refractivity contribution in [2.75, 3.05) is 44.2 Å². The zero-order chi connectivity index (χ0) is 15.5. The number of hydrogen-bond donors (Lipinski definition) is 1. The number of piperazine rings is 1. The summed E-state index contributed by atoms with van der Waals surface area (Å²) in [5, 5.41) is 14.2. The Labute approximate surface area is 129 Å². The van der Waals surface area contributed by atoms with Gasteiger partial charge in [0.2, 0.25) is 5.91 Å². The van der Waals surface area contributed by atoms with Crippen LogP contribution in [0.4, 0.5) is 11.4 Å². The van der Waals surface area contributed by atoms with Crippen LogP contribution < -0.4 is 10.2 Å². The molecule has 1 saturated heterocycles. The van der Waals surface area contributed by atoms with E-state index in [1.54, 1.807) is 11.0 Å². The number of rotatable bonds is 3. The van der Waals surface area contributed by atoms with Crippen molar-refractivity contribution in [1.29, 1.82) is 0 Å². The standard InChI is InChI=1S/C15H20N4O3/c20-15(11-17-8-5-16-6-9-17)18-7-1-2-12-3-4-13(19(21)22)10-14(12)18/h3-4,10,16H,1-2,5-9,11H2. The van der Waals surface area contributed by atoms with E-state index in [0.29, 0.717) is 18.8 Å². The van der Waals surface area contributed by atoms with Crippen molar-refractivity contribution >= 4 is 17.3 Å². The van der Waals surface area contributed by atoms with Gasteiger partial charge in [0.15, 0.2) is 0 Å². The molecule has 2 aliphatic rings. The number of anilines is 1. The molecule has 7 heteroatoms. The van der Waals surface area contributed by atoms with Gasteiger partial charge in [-0.25, -0.2) is 0 Å². The highest BCUT2D eigenvalue weighted by molar-refractivity contribution is 5.96. The van der Waals surface area contributed by atoms with E-state index >= 15 is 0 Å².